The number of rotatable bonds is 7. The molecule has 7 nitrogen and oxygen atoms in total. The van der Waals surface area contributed by atoms with Gasteiger partial charge in [0.2, 0.25) is 0 Å². The molecule has 0 amide bonds. The summed E-state index contributed by atoms with van der Waals surface area (Å²) in [5.41, 5.74) is 1.76. The first-order valence-electron chi connectivity index (χ1n) is 9.97. The highest BCUT2D eigenvalue weighted by Crippen LogP contribution is 2.31. The highest BCUT2D eigenvalue weighted by Gasteiger charge is 2.23. The van der Waals surface area contributed by atoms with Crippen molar-refractivity contribution in [2.24, 2.45) is 0 Å². The number of thiophene rings is 1. The smallest absolute Gasteiger partial charge is 0.335 e. The number of hydrogen-bond donors (Lipinski definition) is 2. The van der Waals surface area contributed by atoms with E-state index in [0.29, 0.717) is 38.4 Å². The largest absolute Gasteiger partial charge is 0.478 e. The Labute approximate surface area is 189 Å². The Balaban J connectivity index is 1.52. The van der Waals surface area contributed by atoms with Crippen LogP contribution in [0.3, 0.4) is 0 Å². The molecule has 1 aromatic heterocycles. The first kappa shape index (κ1) is 22.3. The molecule has 2 aromatic carbocycles. The molecular formula is C22H22FN3O4S2. The molecule has 168 valence electrons. The molecule has 0 unspecified atom stereocenters. The number of halogens is 1. The maximum atomic E-state index is 13.5. The van der Waals surface area contributed by atoms with Gasteiger partial charge in [0.25, 0.3) is 10.0 Å². The summed E-state index contributed by atoms with van der Waals surface area (Å²) in [6.07, 6.45) is 0. The standard InChI is InChI=1S/C22H22FN3O4S2/c23-18-4-1-3-16(13-18)15-25-8-10-26(11-9-25)20-7-6-17(22(27)28)14-19(20)24-32(29,30)21-5-2-12-31-21/h1-7,12-14,24H,8-11,15H2,(H,27,28). The average molecular weight is 476 g/mol. The van der Waals surface area contributed by atoms with Crippen molar-refractivity contribution in [3.63, 3.8) is 0 Å². The first-order valence-corrected chi connectivity index (χ1v) is 12.3. The van der Waals surface area contributed by atoms with Crippen molar-refractivity contribution in [1.82, 2.24) is 4.90 Å². The van der Waals surface area contributed by atoms with E-state index >= 15 is 0 Å². The quantitative estimate of drug-likeness (QED) is 0.542. The van der Waals surface area contributed by atoms with Gasteiger partial charge in [-0.2, -0.15) is 0 Å². The van der Waals surface area contributed by atoms with Crippen molar-refractivity contribution in [2.75, 3.05) is 35.8 Å². The van der Waals surface area contributed by atoms with E-state index in [9.17, 15) is 22.7 Å². The average Bonchev–Trinajstić information content (AvgIpc) is 3.30. The van der Waals surface area contributed by atoms with Crippen LogP contribution >= 0.6 is 11.3 Å². The van der Waals surface area contributed by atoms with Crippen molar-refractivity contribution in [3.8, 4) is 0 Å². The predicted molar refractivity (Wildman–Crippen MR) is 122 cm³/mol. The maximum absolute atomic E-state index is 13.5. The van der Waals surface area contributed by atoms with Crippen molar-refractivity contribution >= 4 is 38.7 Å². The van der Waals surface area contributed by atoms with Crippen molar-refractivity contribution in [1.29, 1.82) is 0 Å². The summed E-state index contributed by atoms with van der Waals surface area (Å²) in [6.45, 7) is 3.27. The lowest BCUT2D eigenvalue weighted by molar-refractivity contribution is 0.0697. The van der Waals surface area contributed by atoms with Crippen LogP contribution in [0.15, 0.2) is 64.2 Å². The lowest BCUT2D eigenvalue weighted by Crippen LogP contribution is -2.46. The molecule has 0 saturated carbocycles. The molecule has 0 aliphatic carbocycles. The van der Waals surface area contributed by atoms with Crippen LogP contribution in [0.1, 0.15) is 15.9 Å². The minimum Gasteiger partial charge on any atom is -0.478 e. The third kappa shape index (κ3) is 5.09. The molecule has 32 heavy (non-hydrogen) atoms. The number of nitrogens with zero attached hydrogens (tertiary/aromatic N) is 2. The van der Waals surface area contributed by atoms with Gasteiger partial charge in [-0.3, -0.25) is 9.62 Å². The fourth-order valence-electron chi connectivity index (χ4n) is 3.68. The van der Waals surface area contributed by atoms with Gasteiger partial charge in [-0.1, -0.05) is 18.2 Å². The lowest BCUT2D eigenvalue weighted by atomic mass is 10.1. The van der Waals surface area contributed by atoms with Gasteiger partial charge < -0.3 is 10.0 Å². The van der Waals surface area contributed by atoms with Crippen LogP contribution in [0.5, 0.6) is 0 Å². The second-order valence-electron chi connectivity index (χ2n) is 7.47. The Morgan fingerprint density at radius 3 is 2.50 bits per heavy atom. The number of carboxylic acid groups (broad SMARTS) is 1. The molecule has 4 rings (SSSR count). The molecule has 0 bridgehead atoms. The van der Waals surface area contributed by atoms with Gasteiger partial charge in [0, 0.05) is 32.7 Å². The third-order valence-corrected chi connectivity index (χ3v) is 8.02. The van der Waals surface area contributed by atoms with Crippen molar-refractivity contribution in [2.45, 2.75) is 10.8 Å². The van der Waals surface area contributed by atoms with Gasteiger partial charge >= 0.3 is 5.97 Å². The summed E-state index contributed by atoms with van der Waals surface area (Å²) < 4.78 is 41.7. The van der Waals surface area contributed by atoms with Crippen LogP contribution in [0.2, 0.25) is 0 Å². The molecule has 1 aliphatic heterocycles. The molecular weight excluding hydrogens is 453 g/mol. The van der Waals surface area contributed by atoms with E-state index in [-0.39, 0.29) is 21.3 Å². The van der Waals surface area contributed by atoms with Crippen LogP contribution in [0.4, 0.5) is 15.8 Å². The van der Waals surface area contributed by atoms with Gasteiger partial charge in [0.15, 0.2) is 0 Å². The first-order chi connectivity index (χ1) is 15.3. The van der Waals surface area contributed by atoms with E-state index in [1.54, 1.807) is 23.6 Å². The Hall–Kier alpha value is -2.95. The summed E-state index contributed by atoms with van der Waals surface area (Å²) in [4.78, 5) is 15.7. The summed E-state index contributed by atoms with van der Waals surface area (Å²) in [5, 5.41) is 11.0. The van der Waals surface area contributed by atoms with E-state index in [1.807, 2.05) is 11.0 Å². The van der Waals surface area contributed by atoms with Gasteiger partial charge in [0.1, 0.15) is 10.0 Å². The zero-order valence-electron chi connectivity index (χ0n) is 17.1. The van der Waals surface area contributed by atoms with Gasteiger partial charge in [0.05, 0.1) is 16.9 Å². The van der Waals surface area contributed by atoms with Crippen LogP contribution in [-0.4, -0.2) is 50.6 Å². The summed E-state index contributed by atoms with van der Waals surface area (Å²) in [5.74, 6) is -1.39. The fraction of sp³-hybridized carbons (Fsp3) is 0.227. The molecule has 1 aliphatic rings. The maximum Gasteiger partial charge on any atom is 0.335 e. The molecule has 0 atom stereocenters. The molecule has 1 fully saturated rings. The SMILES string of the molecule is O=C(O)c1ccc(N2CCN(Cc3cccc(F)c3)CC2)c(NS(=O)(=O)c2cccs2)c1. The lowest BCUT2D eigenvalue weighted by Gasteiger charge is -2.37. The summed E-state index contributed by atoms with van der Waals surface area (Å²) in [6, 6.07) is 14.1. The highest BCUT2D eigenvalue weighted by molar-refractivity contribution is 7.94. The summed E-state index contributed by atoms with van der Waals surface area (Å²) >= 11 is 1.09. The Bertz CT molecular complexity index is 1210. The van der Waals surface area contributed by atoms with E-state index in [2.05, 4.69) is 9.62 Å². The normalized spacial score (nSPS) is 15.0. The molecule has 1 saturated heterocycles. The number of carboxylic acids is 1. The Morgan fingerprint density at radius 2 is 1.84 bits per heavy atom. The minimum atomic E-state index is -3.83. The molecule has 0 radical (unpaired) electrons. The number of hydrogen-bond acceptors (Lipinski definition) is 6. The van der Waals surface area contributed by atoms with E-state index in [0.717, 1.165) is 16.9 Å². The fourth-order valence-corrected chi connectivity index (χ4v) is 5.74. The highest BCUT2D eigenvalue weighted by atomic mass is 32.2. The second kappa shape index (κ2) is 9.27. The number of anilines is 2. The number of piperazine rings is 1. The second-order valence-corrected chi connectivity index (χ2v) is 10.3. The van der Waals surface area contributed by atoms with Gasteiger partial charge in [-0.15, -0.1) is 11.3 Å². The molecule has 2 N–H and O–H groups in total. The Morgan fingerprint density at radius 1 is 1.06 bits per heavy atom. The zero-order chi connectivity index (χ0) is 22.7. The molecule has 0 spiro atoms. The summed E-state index contributed by atoms with van der Waals surface area (Å²) in [7, 11) is -3.83. The van der Waals surface area contributed by atoms with Gasteiger partial charge in [-0.25, -0.2) is 17.6 Å². The third-order valence-electron chi connectivity index (χ3n) is 5.26. The van der Waals surface area contributed by atoms with Gasteiger partial charge in [-0.05, 0) is 47.3 Å². The number of aromatic carboxylic acids is 1. The number of benzene rings is 2. The van der Waals surface area contributed by atoms with E-state index in [1.165, 1.54) is 30.3 Å². The van der Waals surface area contributed by atoms with Crippen molar-refractivity contribution in [3.05, 3.63) is 76.9 Å². The Kier molecular flexibility index (Phi) is 6.45. The monoisotopic (exact) mass is 475 g/mol. The van der Waals surface area contributed by atoms with Crippen LogP contribution in [0.25, 0.3) is 0 Å². The van der Waals surface area contributed by atoms with Crippen LogP contribution in [-0.2, 0) is 16.6 Å². The minimum absolute atomic E-state index is 0.00219. The topological polar surface area (TPSA) is 89.9 Å². The molecule has 10 heteroatoms. The molecule has 3 aromatic rings. The number of sulfonamides is 1. The predicted octanol–water partition coefficient (Wildman–Crippen LogP) is 3.71. The van der Waals surface area contributed by atoms with E-state index in [4.69, 9.17) is 0 Å². The zero-order valence-corrected chi connectivity index (χ0v) is 18.7. The van der Waals surface area contributed by atoms with Crippen LogP contribution < -0.4 is 9.62 Å². The van der Waals surface area contributed by atoms with Crippen LogP contribution in [0, 0.1) is 5.82 Å². The molecule has 2 heterocycles. The number of nitrogens with one attached hydrogen (secondary N) is 1. The van der Waals surface area contributed by atoms with Crippen molar-refractivity contribution < 1.29 is 22.7 Å². The number of carbonyl (C=O) groups is 1. The van der Waals surface area contributed by atoms with E-state index < -0.39 is 16.0 Å².